The summed E-state index contributed by atoms with van der Waals surface area (Å²) in [6.45, 7) is 1.97. The van der Waals surface area contributed by atoms with Crippen LogP contribution < -0.4 is 11.1 Å². The lowest BCUT2D eigenvalue weighted by Gasteiger charge is -2.24. The summed E-state index contributed by atoms with van der Waals surface area (Å²) in [5, 5.41) is 2.79. The van der Waals surface area contributed by atoms with E-state index in [1.54, 1.807) is 0 Å². The van der Waals surface area contributed by atoms with Gasteiger partial charge >= 0.3 is 0 Å². The summed E-state index contributed by atoms with van der Waals surface area (Å²) in [6.07, 6.45) is 1.40. The molecule has 1 aliphatic rings. The third kappa shape index (κ3) is 1.68. The Hall–Kier alpha value is -0.570. The van der Waals surface area contributed by atoms with Crippen molar-refractivity contribution in [2.45, 2.75) is 31.8 Å². The van der Waals surface area contributed by atoms with Crippen LogP contribution in [0.4, 0.5) is 0 Å². The van der Waals surface area contributed by atoms with E-state index in [0.717, 1.165) is 6.42 Å². The van der Waals surface area contributed by atoms with E-state index in [1.807, 2.05) is 6.92 Å². The number of piperidine rings is 1. The van der Waals surface area contributed by atoms with Gasteiger partial charge in [-0.1, -0.05) is 0 Å². The molecule has 1 fully saturated rings. The van der Waals surface area contributed by atoms with Gasteiger partial charge < -0.3 is 11.1 Å². The maximum atomic E-state index is 10.7. The fraction of sp³-hybridized carbons (Fsp3) is 0.833. The summed E-state index contributed by atoms with van der Waals surface area (Å²) in [5.74, 6) is 0.0845. The standard InChI is InChI=1S/C6H12N2O/c1-4-2-5(7)3-6(9)8-4/h4-5H,2-3,7H2,1H3,(H,8,9)/t4-,5-/m1/s1. The fourth-order valence-electron chi connectivity index (χ4n) is 1.17. The molecule has 1 rings (SSSR count). The average Bonchev–Trinajstić information content (AvgIpc) is 1.59. The van der Waals surface area contributed by atoms with Crippen LogP contribution in [0.5, 0.6) is 0 Å². The minimum atomic E-state index is 0.0775. The zero-order chi connectivity index (χ0) is 6.85. The third-order valence-electron chi connectivity index (χ3n) is 1.51. The van der Waals surface area contributed by atoms with E-state index < -0.39 is 0 Å². The third-order valence-corrected chi connectivity index (χ3v) is 1.51. The van der Waals surface area contributed by atoms with Crippen molar-refractivity contribution in [1.29, 1.82) is 0 Å². The van der Waals surface area contributed by atoms with Crippen molar-refractivity contribution < 1.29 is 4.79 Å². The predicted octanol–water partition coefficient (Wildman–Crippen LogP) is -0.388. The fourth-order valence-corrected chi connectivity index (χ4v) is 1.17. The van der Waals surface area contributed by atoms with Gasteiger partial charge in [0.2, 0.25) is 5.91 Å². The maximum absolute atomic E-state index is 10.7. The van der Waals surface area contributed by atoms with E-state index in [9.17, 15) is 4.79 Å². The normalized spacial score (nSPS) is 36.0. The summed E-state index contributed by atoms with van der Waals surface area (Å²) in [4.78, 5) is 10.7. The second kappa shape index (κ2) is 2.35. The van der Waals surface area contributed by atoms with Gasteiger partial charge in [0, 0.05) is 18.5 Å². The molecule has 0 aliphatic carbocycles. The number of nitrogens with one attached hydrogen (secondary N) is 1. The molecule has 0 aromatic rings. The zero-order valence-electron chi connectivity index (χ0n) is 5.55. The van der Waals surface area contributed by atoms with Crippen molar-refractivity contribution in [3.63, 3.8) is 0 Å². The lowest BCUT2D eigenvalue weighted by molar-refractivity contribution is -0.123. The van der Waals surface area contributed by atoms with Crippen molar-refractivity contribution in [3.05, 3.63) is 0 Å². The van der Waals surface area contributed by atoms with Gasteiger partial charge in [-0.15, -0.1) is 0 Å². The SMILES string of the molecule is C[C@@H]1C[C@@H](N)CC(=O)N1. The van der Waals surface area contributed by atoms with E-state index in [2.05, 4.69) is 5.32 Å². The predicted molar refractivity (Wildman–Crippen MR) is 34.8 cm³/mol. The van der Waals surface area contributed by atoms with Crippen LogP contribution in [-0.2, 0) is 4.79 Å². The molecule has 0 saturated carbocycles. The number of amides is 1. The highest BCUT2D eigenvalue weighted by Crippen LogP contribution is 2.05. The van der Waals surface area contributed by atoms with E-state index in [4.69, 9.17) is 5.73 Å². The van der Waals surface area contributed by atoms with E-state index >= 15 is 0 Å². The van der Waals surface area contributed by atoms with Crippen molar-refractivity contribution in [2.24, 2.45) is 5.73 Å². The number of rotatable bonds is 0. The molecule has 1 saturated heterocycles. The molecular formula is C6H12N2O. The molecule has 52 valence electrons. The number of hydrogen-bond donors (Lipinski definition) is 2. The number of carbonyl (C=O) groups excluding carboxylic acids is 1. The summed E-state index contributed by atoms with van der Waals surface area (Å²) < 4.78 is 0. The highest BCUT2D eigenvalue weighted by atomic mass is 16.1. The van der Waals surface area contributed by atoms with Crippen molar-refractivity contribution in [1.82, 2.24) is 5.32 Å². The molecule has 3 heteroatoms. The maximum Gasteiger partial charge on any atom is 0.221 e. The number of nitrogens with two attached hydrogens (primary N) is 1. The van der Waals surface area contributed by atoms with Gasteiger partial charge in [0.25, 0.3) is 0 Å². The Labute approximate surface area is 54.6 Å². The average molecular weight is 128 g/mol. The molecule has 1 amide bonds. The summed E-state index contributed by atoms with van der Waals surface area (Å²) in [7, 11) is 0. The van der Waals surface area contributed by atoms with Crippen LogP contribution in [0.15, 0.2) is 0 Å². The van der Waals surface area contributed by atoms with Gasteiger partial charge in [-0.3, -0.25) is 4.79 Å². The molecule has 0 radical (unpaired) electrons. The Morgan fingerprint density at radius 1 is 1.78 bits per heavy atom. The molecule has 0 unspecified atom stereocenters. The van der Waals surface area contributed by atoms with Gasteiger partial charge in [0.15, 0.2) is 0 Å². The lowest BCUT2D eigenvalue weighted by atomic mass is 10.0. The first-order chi connectivity index (χ1) is 4.18. The largest absolute Gasteiger partial charge is 0.354 e. The first-order valence-corrected chi connectivity index (χ1v) is 3.23. The minimum Gasteiger partial charge on any atom is -0.354 e. The second-order valence-electron chi connectivity index (χ2n) is 2.67. The van der Waals surface area contributed by atoms with Gasteiger partial charge in [-0.25, -0.2) is 0 Å². The molecule has 0 aromatic carbocycles. The molecule has 1 heterocycles. The van der Waals surface area contributed by atoms with Crippen LogP contribution in [0.2, 0.25) is 0 Å². The number of carbonyl (C=O) groups is 1. The summed E-state index contributed by atoms with van der Waals surface area (Å²) in [6, 6.07) is 0.343. The van der Waals surface area contributed by atoms with Gasteiger partial charge in [0.1, 0.15) is 0 Å². The first kappa shape index (κ1) is 6.55. The molecule has 2 atom stereocenters. The molecule has 0 spiro atoms. The van der Waals surface area contributed by atoms with E-state index in [-0.39, 0.29) is 18.0 Å². The quantitative estimate of drug-likeness (QED) is 0.467. The van der Waals surface area contributed by atoms with Crippen LogP contribution in [-0.4, -0.2) is 18.0 Å². The summed E-state index contributed by atoms with van der Waals surface area (Å²) >= 11 is 0. The minimum absolute atomic E-state index is 0.0775. The molecular weight excluding hydrogens is 116 g/mol. The van der Waals surface area contributed by atoms with Crippen LogP contribution in [0.25, 0.3) is 0 Å². The monoisotopic (exact) mass is 128 g/mol. The van der Waals surface area contributed by atoms with Crippen LogP contribution >= 0.6 is 0 Å². The van der Waals surface area contributed by atoms with Crippen LogP contribution in [0.1, 0.15) is 19.8 Å². The highest BCUT2D eigenvalue weighted by molar-refractivity contribution is 5.77. The Kier molecular flexibility index (Phi) is 1.71. The Morgan fingerprint density at radius 2 is 2.44 bits per heavy atom. The topological polar surface area (TPSA) is 55.1 Å². The molecule has 0 bridgehead atoms. The highest BCUT2D eigenvalue weighted by Gasteiger charge is 2.19. The molecule has 0 aromatic heterocycles. The number of hydrogen-bond acceptors (Lipinski definition) is 2. The molecule has 3 nitrogen and oxygen atoms in total. The Bertz CT molecular complexity index is 112. The van der Waals surface area contributed by atoms with Gasteiger partial charge in [-0.2, -0.15) is 0 Å². The van der Waals surface area contributed by atoms with E-state index in [1.165, 1.54) is 0 Å². The Balaban J connectivity index is 2.43. The second-order valence-corrected chi connectivity index (χ2v) is 2.67. The van der Waals surface area contributed by atoms with Gasteiger partial charge in [-0.05, 0) is 13.3 Å². The van der Waals surface area contributed by atoms with Gasteiger partial charge in [0.05, 0.1) is 0 Å². The lowest BCUT2D eigenvalue weighted by Crippen LogP contribution is -2.45. The van der Waals surface area contributed by atoms with E-state index in [0.29, 0.717) is 6.42 Å². The van der Waals surface area contributed by atoms with Crippen molar-refractivity contribution >= 4 is 5.91 Å². The van der Waals surface area contributed by atoms with Crippen LogP contribution in [0, 0.1) is 0 Å². The summed E-state index contributed by atoms with van der Waals surface area (Å²) in [5.41, 5.74) is 5.55. The smallest absolute Gasteiger partial charge is 0.221 e. The first-order valence-electron chi connectivity index (χ1n) is 3.23. The van der Waals surface area contributed by atoms with Crippen molar-refractivity contribution in [3.8, 4) is 0 Å². The Morgan fingerprint density at radius 3 is 2.89 bits per heavy atom. The van der Waals surface area contributed by atoms with Crippen molar-refractivity contribution in [2.75, 3.05) is 0 Å². The molecule has 9 heavy (non-hydrogen) atoms. The molecule has 3 N–H and O–H groups in total. The van der Waals surface area contributed by atoms with Crippen LogP contribution in [0.3, 0.4) is 0 Å². The zero-order valence-corrected chi connectivity index (χ0v) is 5.55. The molecule has 1 aliphatic heterocycles.